The van der Waals surface area contributed by atoms with Crippen molar-refractivity contribution in [3.8, 4) is 0 Å². The Labute approximate surface area is 441 Å². The Morgan fingerprint density at radius 3 is 0.632 bits per heavy atom. The van der Waals surface area contributed by atoms with Crippen molar-refractivity contribution in [2.45, 2.75) is 0 Å². The number of hydrogen-bond acceptors (Lipinski definition) is 6. The molecule has 0 saturated heterocycles. The Hall–Kier alpha value is -10.3. The van der Waals surface area contributed by atoms with Gasteiger partial charge in [0.25, 0.3) is 0 Å². The number of fused-ring (bicyclic) bond motifs is 3. The van der Waals surface area contributed by atoms with E-state index in [1.54, 1.807) is 0 Å². The van der Waals surface area contributed by atoms with E-state index in [0.717, 1.165) is 123 Å². The zero-order valence-electron chi connectivity index (χ0n) is 41.4. The second-order valence-corrected chi connectivity index (χ2v) is 18.9. The second kappa shape index (κ2) is 19.0. The van der Waals surface area contributed by atoms with Gasteiger partial charge in [-0.1, -0.05) is 182 Å². The summed E-state index contributed by atoms with van der Waals surface area (Å²) < 4.78 is 0. The molecule has 0 N–H and O–H groups in total. The first-order valence-corrected chi connectivity index (χ1v) is 25.8. The smallest absolute Gasteiger partial charge is 0.0980 e. The molecule has 14 rings (SSSR count). The molecule has 0 aliphatic carbocycles. The molecular weight excluding hydrogens is 925 g/mol. The number of aromatic nitrogens is 2. The van der Waals surface area contributed by atoms with Gasteiger partial charge in [-0.3, -0.25) is 0 Å². The fourth-order valence-corrected chi connectivity index (χ4v) is 11.2. The fourth-order valence-electron chi connectivity index (χ4n) is 11.2. The van der Waals surface area contributed by atoms with Crippen molar-refractivity contribution < 1.29 is 0 Å². The molecule has 14 aromatic rings. The summed E-state index contributed by atoms with van der Waals surface area (Å²) in [6.45, 7) is 0. The van der Waals surface area contributed by atoms with Crippen LogP contribution in [0.25, 0.3) is 54.4 Å². The summed E-state index contributed by atoms with van der Waals surface area (Å²) >= 11 is 0. The van der Waals surface area contributed by atoms with E-state index in [0.29, 0.717) is 0 Å². The summed E-state index contributed by atoms with van der Waals surface area (Å²) in [7, 11) is 0. The lowest BCUT2D eigenvalue weighted by Gasteiger charge is -2.32. The molecule has 0 amide bonds. The van der Waals surface area contributed by atoms with Gasteiger partial charge in [-0.2, -0.15) is 0 Å². The van der Waals surface area contributed by atoms with Crippen LogP contribution in [-0.4, -0.2) is 9.97 Å². The van der Waals surface area contributed by atoms with Crippen molar-refractivity contribution >= 4 is 123 Å². The molecule has 0 unspecified atom stereocenters. The average Bonchev–Trinajstić information content (AvgIpc) is 3.63. The molecule has 6 nitrogen and oxygen atoms in total. The first-order valence-electron chi connectivity index (χ1n) is 25.8. The van der Waals surface area contributed by atoms with Crippen LogP contribution >= 0.6 is 0 Å². The molecule has 0 bridgehead atoms. The van der Waals surface area contributed by atoms with E-state index in [2.05, 4.69) is 311 Å². The van der Waals surface area contributed by atoms with E-state index in [9.17, 15) is 0 Å². The van der Waals surface area contributed by atoms with E-state index >= 15 is 0 Å². The molecule has 0 aliphatic heterocycles. The quantitative estimate of drug-likeness (QED) is 0.0897. The topological polar surface area (TPSA) is 38.7 Å². The molecule has 0 fully saturated rings. The molecule has 2 heterocycles. The lowest BCUT2D eigenvalue weighted by atomic mass is 9.94. The Morgan fingerprint density at radius 1 is 0.184 bits per heavy atom. The van der Waals surface area contributed by atoms with Gasteiger partial charge < -0.3 is 19.6 Å². The molecule has 0 saturated carbocycles. The van der Waals surface area contributed by atoms with Gasteiger partial charge >= 0.3 is 0 Å². The highest BCUT2D eigenvalue weighted by molar-refractivity contribution is 6.31. The van der Waals surface area contributed by atoms with Crippen LogP contribution in [0.4, 0.5) is 68.2 Å². The molecule has 0 aliphatic rings. The largest absolute Gasteiger partial charge is 0.310 e. The van der Waals surface area contributed by atoms with Gasteiger partial charge in [-0.25, -0.2) is 9.97 Å². The second-order valence-electron chi connectivity index (χ2n) is 18.9. The minimum atomic E-state index is 0.830. The third kappa shape index (κ3) is 7.59. The highest BCUT2D eigenvalue weighted by atomic mass is 15.2. The fraction of sp³-hybridized carbons (Fsp3) is 0. The van der Waals surface area contributed by atoms with Crippen molar-refractivity contribution in [3.05, 3.63) is 291 Å². The summed E-state index contributed by atoms with van der Waals surface area (Å²) in [5, 5.41) is 6.21. The van der Waals surface area contributed by atoms with Gasteiger partial charge in [0.15, 0.2) is 0 Å². The van der Waals surface area contributed by atoms with Gasteiger partial charge in [-0.15, -0.1) is 0 Å². The molecule has 0 spiro atoms. The lowest BCUT2D eigenvalue weighted by Crippen LogP contribution is -2.15. The Bertz CT molecular complexity index is 3880. The normalized spacial score (nSPS) is 11.4. The van der Waals surface area contributed by atoms with Crippen LogP contribution in [0.2, 0.25) is 0 Å². The first-order chi connectivity index (χ1) is 37.8. The maximum atomic E-state index is 6.01. The summed E-state index contributed by atoms with van der Waals surface area (Å²) in [4.78, 5) is 21.5. The number of para-hydroxylation sites is 8. The third-order valence-corrected chi connectivity index (χ3v) is 14.4. The van der Waals surface area contributed by atoms with Crippen molar-refractivity contribution in [2.75, 3.05) is 19.6 Å². The predicted molar refractivity (Wildman–Crippen MR) is 319 cm³/mol. The monoisotopic (exact) mass is 972 g/mol. The molecule has 0 radical (unpaired) electrons. The van der Waals surface area contributed by atoms with E-state index in [1.165, 1.54) is 0 Å². The maximum absolute atomic E-state index is 6.01. The average molecular weight is 973 g/mol. The van der Waals surface area contributed by atoms with Crippen LogP contribution < -0.4 is 19.6 Å². The van der Waals surface area contributed by atoms with Gasteiger partial charge in [0.2, 0.25) is 0 Å². The number of pyridine rings is 2. The minimum Gasteiger partial charge on any atom is -0.310 e. The van der Waals surface area contributed by atoms with Crippen LogP contribution in [-0.2, 0) is 0 Å². The molecule has 76 heavy (non-hydrogen) atoms. The minimum absolute atomic E-state index is 0.830. The summed E-state index contributed by atoms with van der Waals surface area (Å²) in [6.07, 6.45) is 0. The summed E-state index contributed by atoms with van der Waals surface area (Å²) in [5.74, 6) is 0. The third-order valence-electron chi connectivity index (χ3n) is 14.4. The van der Waals surface area contributed by atoms with Gasteiger partial charge in [-0.05, 0) is 109 Å². The zero-order valence-corrected chi connectivity index (χ0v) is 41.4. The number of rotatable bonds is 12. The lowest BCUT2D eigenvalue weighted by molar-refractivity contribution is 1.26. The van der Waals surface area contributed by atoms with Crippen molar-refractivity contribution in [1.82, 2.24) is 9.97 Å². The van der Waals surface area contributed by atoms with E-state index in [-0.39, 0.29) is 0 Å². The predicted octanol–water partition coefficient (Wildman–Crippen LogP) is 19.6. The van der Waals surface area contributed by atoms with Crippen molar-refractivity contribution in [1.29, 1.82) is 0 Å². The maximum Gasteiger partial charge on any atom is 0.0980 e. The SMILES string of the molecule is c1ccc(N(c2ccccc2)c2cc(N(c3ccccc3)c3ccccc3)c3nc4c5cccc6c(N(c7ccccc7)c7ccccc7)cc(N(c7ccccc7)c7ccccc7)c(nc4c4cccc2c34)c65)cc1. The molecule has 2 aromatic heterocycles. The van der Waals surface area contributed by atoms with Crippen LogP contribution in [0.1, 0.15) is 0 Å². The Kier molecular flexibility index (Phi) is 11.1. The molecule has 0 atom stereocenters. The van der Waals surface area contributed by atoms with Crippen LogP contribution in [0.15, 0.2) is 291 Å². The molecular formula is C70H48N6. The number of benzene rings is 12. The number of hydrogen-bond donors (Lipinski definition) is 0. The van der Waals surface area contributed by atoms with Crippen LogP contribution in [0.5, 0.6) is 0 Å². The highest BCUT2D eigenvalue weighted by Crippen LogP contribution is 2.53. The van der Waals surface area contributed by atoms with Gasteiger partial charge in [0, 0.05) is 77.8 Å². The molecule has 358 valence electrons. The van der Waals surface area contributed by atoms with Crippen LogP contribution in [0.3, 0.4) is 0 Å². The summed E-state index contributed by atoms with van der Waals surface area (Å²) in [5.41, 5.74) is 15.6. The van der Waals surface area contributed by atoms with E-state index in [1.807, 2.05) is 0 Å². The van der Waals surface area contributed by atoms with Crippen molar-refractivity contribution in [3.63, 3.8) is 0 Å². The highest BCUT2D eigenvalue weighted by Gasteiger charge is 2.29. The zero-order chi connectivity index (χ0) is 50.4. The molecule has 12 aromatic carbocycles. The number of anilines is 12. The standard InChI is InChI=1S/C70H48N6/c1-9-27-49(28-10-1)73(50-29-11-2-12-30-50)61-47-63(75(53-35-17-5-18-36-53)54-37-19-6-20-38-54)69-65-57(61)43-25-45-59(65)67-68(71-69)60-46-26-44-58-62(74(51-31-13-3-14-32-51)52-33-15-4-16-34-52)48-64(70(72-67)66(58)60)76(55-39-21-7-22-40-55)56-41-23-8-24-42-56/h1-48H. The molecule has 6 heteroatoms. The Balaban J connectivity index is 1.17. The van der Waals surface area contributed by atoms with Gasteiger partial charge in [0.1, 0.15) is 0 Å². The Morgan fingerprint density at radius 2 is 0.395 bits per heavy atom. The van der Waals surface area contributed by atoms with Gasteiger partial charge in [0.05, 0.1) is 44.8 Å². The van der Waals surface area contributed by atoms with Crippen molar-refractivity contribution in [2.24, 2.45) is 0 Å². The number of nitrogens with zero attached hydrogens (tertiary/aromatic N) is 6. The van der Waals surface area contributed by atoms with E-state index in [4.69, 9.17) is 9.97 Å². The van der Waals surface area contributed by atoms with Crippen LogP contribution in [0, 0.1) is 0 Å². The summed E-state index contributed by atoms with van der Waals surface area (Å²) in [6, 6.07) is 103. The van der Waals surface area contributed by atoms with E-state index < -0.39 is 0 Å². The first kappa shape index (κ1) is 44.4.